The molecule has 0 bridgehead atoms. The fourth-order valence-corrected chi connectivity index (χ4v) is 2.83. The number of rotatable bonds is 7. The standard InChI is InChI=1S/C15H28N2O3/c1-12(11-19-3)15(18)17-6-7-20-14(10-17)9-16(2)8-13-4-5-13/h12-14H,4-11H2,1-3H3. The molecule has 2 rings (SSSR count). The van der Waals surface area contributed by atoms with Gasteiger partial charge in [-0.05, 0) is 25.8 Å². The van der Waals surface area contributed by atoms with Crippen molar-refractivity contribution >= 4 is 5.91 Å². The number of hydrogen-bond acceptors (Lipinski definition) is 4. The van der Waals surface area contributed by atoms with Gasteiger partial charge in [-0.15, -0.1) is 0 Å². The Morgan fingerprint density at radius 3 is 2.85 bits per heavy atom. The Morgan fingerprint density at radius 1 is 1.45 bits per heavy atom. The Kier molecular flexibility index (Phi) is 5.81. The average Bonchev–Trinajstić information content (AvgIpc) is 3.22. The molecular formula is C15H28N2O3. The van der Waals surface area contributed by atoms with Crippen molar-refractivity contribution < 1.29 is 14.3 Å². The molecule has 1 amide bonds. The highest BCUT2D eigenvalue weighted by Gasteiger charge is 2.29. The molecule has 2 aliphatic rings. The van der Waals surface area contributed by atoms with Gasteiger partial charge in [0.15, 0.2) is 0 Å². The van der Waals surface area contributed by atoms with E-state index < -0.39 is 0 Å². The zero-order chi connectivity index (χ0) is 14.5. The van der Waals surface area contributed by atoms with Gasteiger partial charge in [-0.2, -0.15) is 0 Å². The Morgan fingerprint density at radius 2 is 2.20 bits per heavy atom. The summed E-state index contributed by atoms with van der Waals surface area (Å²) in [6.07, 6.45) is 2.88. The average molecular weight is 284 g/mol. The van der Waals surface area contributed by atoms with Gasteiger partial charge >= 0.3 is 0 Å². The number of ether oxygens (including phenoxy) is 2. The van der Waals surface area contributed by atoms with E-state index >= 15 is 0 Å². The third-order valence-electron chi connectivity index (χ3n) is 4.07. The van der Waals surface area contributed by atoms with Gasteiger partial charge < -0.3 is 19.3 Å². The lowest BCUT2D eigenvalue weighted by atomic mass is 10.1. The maximum Gasteiger partial charge on any atom is 0.227 e. The van der Waals surface area contributed by atoms with Gasteiger partial charge in [-0.3, -0.25) is 4.79 Å². The summed E-state index contributed by atoms with van der Waals surface area (Å²) in [4.78, 5) is 16.6. The Bertz CT molecular complexity index is 320. The fraction of sp³-hybridized carbons (Fsp3) is 0.933. The van der Waals surface area contributed by atoms with E-state index in [4.69, 9.17) is 9.47 Å². The molecule has 0 spiro atoms. The minimum Gasteiger partial charge on any atom is -0.384 e. The predicted octanol–water partition coefficient (Wildman–Crippen LogP) is 0.838. The van der Waals surface area contributed by atoms with Crippen molar-refractivity contribution in [2.24, 2.45) is 11.8 Å². The number of morpholine rings is 1. The summed E-state index contributed by atoms with van der Waals surface area (Å²) in [5.74, 6) is 1.01. The van der Waals surface area contributed by atoms with Crippen LogP contribution < -0.4 is 0 Å². The van der Waals surface area contributed by atoms with Crippen molar-refractivity contribution in [1.82, 2.24) is 9.80 Å². The number of amides is 1. The van der Waals surface area contributed by atoms with Crippen LogP contribution in [0.15, 0.2) is 0 Å². The van der Waals surface area contributed by atoms with Crippen molar-refractivity contribution in [1.29, 1.82) is 0 Å². The normalized spacial score (nSPS) is 25.0. The number of methoxy groups -OCH3 is 1. The highest BCUT2D eigenvalue weighted by atomic mass is 16.5. The smallest absolute Gasteiger partial charge is 0.227 e. The number of hydrogen-bond donors (Lipinski definition) is 0. The van der Waals surface area contributed by atoms with Crippen LogP contribution in [0.2, 0.25) is 0 Å². The molecular weight excluding hydrogens is 256 g/mol. The zero-order valence-electron chi connectivity index (χ0n) is 13.0. The second-order valence-corrected chi connectivity index (χ2v) is 6.30. The predicted molar refractivity (Wildman–Crippen MR) is 77.6 cm³/mol. The molecule has 1 saturated heterocycles. The van der Waals surface area contributed by atoms with Crippen LogP contribution in [-0.2, 0) is 14.3 Å². The maximum absolute atomic E-state index is 12.3. The van der Waals surface area contributed by atoms with E-state index in [1.807, 2.05) is 11.8 Å². The van der Waals surface area contributed by atoms with Crippen LogP contribution in [0.5, 0.6) is 0 Å². The lowest BCUT2D eigenvalue weighted by Crippen LogP contribution is -2.51. The third kappa shape index (κ3) is 4.72. The van der Waals surface area contributed by atoms with E-state index in [0.29, 0.717) is 26.3 Å². The van der Waals surface area contributed by atoms with E-state index in [-0.39, 0.29) is 17.9 Å². The zero-order valence-corrected chi connectivity index (χ0v) is 13.0. The Labute approximate surface area is 122 Å². The van der Waals surface area contributed by atoms with Crippen molar-refractivity contribution in [3.05, 3.63) is 0 Å². The summed E-state index contributed by atoms with van der Waals surface area (Å²) >= 11 is 0. The first-order chi connectivity index (χ1) is 9.60. The van der Waals surface area contributed by atoms with Crippen LogP contribution in [0, 0.1) is 11.8 Å². The molecule has 0 aromatic rings. The first-order valence-corrected chi connectivity index (χ1v) is 7.68. The summed E-state index contributed by atoms with van der Waals surface area (Å²) in [6.45, 7) is 6.55. The molecule has 116 valence electrons. The highest BCUT2D eigenvalue weighted by Crippen LogP contribution is 2.29. The van der Waals surface area contributed by atoms with Crippen molar-refractivity contribution in [2.45, 2.75) is 25.9 Å². The first kappa shape index (κ1) is 15.7. The van der Waals surface area contributed by atoms with Crippen LogP contribution in [0.3, 0.4) is 0 Å². The summed E-state index contributed by atoms with van der Waals surface area (Å²) < 4.78 is 10.9. The van der Waals surface area contributed by atoms with Crippen LogP contribution in [0.1, 0.15) is 19.8 Å². The molecule has 1 aliphatic carbocycles. The molecule has 0 aromatic heterocycles. The molecule has 1 aliphatic heterocycles. The number of likely N-dealkylation sites (N-methyl/N-ethyl adjacent to an activating group) is 1. The Balaban J connectivity index is 1.76. The van der Waals surface area contributed by atoms with Crippen molar-refractivity contribution in [3.63, 3.8) is 0 Å². The van der Waals surface area contributed by atoms with Gasteiger partial charge in [0.2, 0.25) is 5.91 Å². The molecule has 20 heavy (non-hydrogen) atoms. The molecule has 5 nitrogen and oxygen atoms in total. The quantitative estimate of drug-likeness (QED) is 0.695. The van der Waals surface area contributed by atoms with Gasteiger partial charge in [0, 0.05) is 33.3 Å². The van der Waals surface area contributed by atoms with Crippen LogP contribution in [0.25, 0.3) is 0 Å². The molecule has 2 unspecified atom stereocenters. The third-order valence-corrected chi connectivity index (χ3v) is 4.07. The summed E-state index contributed by atoms with van der Waals surface area (Å²) in [7, 11) is 3.79. The molecule has 1 saturated carbocycles. The van der Waals surface area contributed by atoms with Gasteiger partial charge in [-0.25, -0.2) is 0 Å². The molecule has 1 heterocycles. The van der Waals surface area contributed by atoms with E-state index in [2.05, 4.69) is 11.9 Å². The number of nitrogens with zero attached hydrogens (tertiary/aromatic N) is 2. The first-order valence-electron chi connectivity index (χ1n) is 7.68. The minimum absolute atomic E-state index is 0.0667. The lowest BCUT2D eigenvalue weighted by molar-refractivity contribution is -0.144. The molecule has 0 aromatic carbocycles. The van der Waals surface area contributed by atoms with Crippen molar-refractivity contribution in [3.8, 4) is 0 Å². The minimum atomic E-state index is -0.0667. The van der Waals surface area contributed by atoms with E-state index in [0.717, 1.165) is 19.0 Å². The van der Waals surface area contributed by atoms with Gasteiger partial charge in [-0.1, -0.05) is 6.92 Å². The summed E-state index contributed by atoms with van der Waals surface area (Å²) in [5, 5.41) is 0. The second-order valence-electron chi connectivity index (χ2n) is 6.30. The van der Waals surface area contributed by atoms with Crippen LogP contribution in [0.4, 0.5) is 0 Å². The second kappa shape index (κ2) is 7.38. The van der Waals surface area contributed by atoms with Gasteiger partial charge in [0.1, 0.15) is 0 Å². The largest absolute Gasteiger partial charge is 0.384 e. The number of carbonyl (C=O) groups is 1. The SMILES string of the molecule is COCC(C)C(=O)N1CCOC(CN(C)CC2CC2)C1. The highest BCUT2D eigenvalue weighted by molar-refractivity contribution is 5.78. The maximum atomic E-state index is 12.3. The van der Waals surface area contributed by atoms with E-state index in [9.17, 15) is 4.79 Å². The molecule has 2 atom stereocenters. The lowest BCUT2D eigenvalue weighted by Gasteiger charge is -2.36. The monoisotopic (exact) mass is 284 g/mol. The fourth-order valence-electron chi connectivity index (χ4n) is 2.83. The van der Waals surface area contributed by atoms with Crippen LogP contribution >= 0.6 is 0 Å². The molecule has 2 fully saturated rings. The van der Waals surface area contributed by atoms with E-state index in [1.54, 1.807) is 7.11 Å². The summed E-state index contributed by atoms with van der Waals surface area (Å²) in [5.41, 5.74) is 0. The van der Waals surface area contributed by atoms with Gasteiger partial charge in [0.05, 0.1) is 25.2 Å². The van der Waals surface area contributed by atoms with Crippen molar-refractivity contribution in [2.75, 3.05) is 53.6 Å². The molecule has 0 N–H and O–H groups in total. The molecule has 5 heteroatoms. The van der Waals surface area contributed by atoms with Gasteiger partial charge in [0.25, 0.3) is 0 Å². The van der Waals surface area contributed by atoms with E-state index in [1.165, 1.54) is 12.8 Å². The Hall–Kier alpha value is -0.650. The number of carbonyl (C=O) groups excluding carboxylic acids is 1. The summed E-state index contributed by atoms with van der Waals surface area (Å²) in [6, 6.07) is 0. The topological polar surface area (TPSA) is 42.0 Å². The molecule has 0 radical (unpaired) electrons. The van der Waals surface area contributed by atoms with Crippen LogP contribution in [-0.4, -0.2) is 75.4 Å².